The molecule has 0 spiro atoms. The number of furan rings is 1. The normalized spacial score (nSPS) is 11.5. The first-order valence-corrected chi connectivity index (χ1v) is 12.8. The standard InChI is InChI=1S/C35H25NO/c1-2-23-8-10-24(11-9-23)27-16-18-30-22-28(17-19-29(30)21-27)25-12-14-26(15-13-25)31-5-3-6-32-33-7-4-20-36-35(33)37-34(31)32/h3-22H,2H2,1H3. The Morgan fingerprint density at radius 3 is 1.84 bits per heavy atom. The summed E-state index contributed by atoms with van der Waals surface area (Å²) in [6.45, 7) is 2.19. The number of pyridine rings is 1. The lowest BCUT2D eigenvalue weighted by molar-refractivity contribution is 0.655. The van der Waals surface area contributed by atoms with Crippen molar-refractivity contribution in [1.29, 1.82) is 0 Å². The van der Waals surface area contributed by atoms with Crippen LogP contribution in [-0.2, 0) is 6.42 Å². The molecule has 0 bridgehead atoms. The van der Waals surface area contributed by atoms with Gasteiger partial charge in [0.1, 0.15) is 5.58 Å². The smallest absolute Gasteiger partial charge is 0.227 e. The van der Waals surface area contributed by atoms with E-state index in [-0.39, 0.29) is 0 Å². The third kappa shape index (κ3) is 3.78. The van der Waals surface area contributed by atoms with Gasteiger partial charge in [0, 0.05) is 22.5 Å². The second-order valence-electron chi connectivity index (χ2n) is 9.54. The van der Waals surface area contributed by atoms with Crippen LogP contribution in [0, 0.1) is 0 Å². The maximum absolute atomic E-state index is 6.14. The molecular formula is C35H25NO. The van der Waals surface area contributed by atoms with Crippen LogP contribution in [-0.4, -0.2) is 4.98 Å². The Balaban J connectivity index is 1.21. The van der Waals surface area contributed by atoms with E-state index in [4.69, 9.17) is 4.42 Å². The molecule has 0 fully saturated rings. The molecule has 7 rings (SSSR count). The first kappa shape index (κ1) is 21.6. The topological polar surface area (TPSA) is 26.0 Å². The Labute approximate surface area is 215 Å². The third-order valence-electron chi connectivity index (χ3n) is 7.34. The molecule has 2 heterocycles. The lowest BCUT2D eigenvalue weighted by atomic mass is 9.96. The Bertz CT molecular complexity index is 1890. The van der Waals surface area contributed by atoms with Crippen molar-refractivity contribution < 1.29 is 4.42 Å². The Hall–Kier alpha value is -4.69. The van der Waals surface area contributed by atoms with E-state index in [0.717, 1.165) is 33.9 Å². The molecule has 2 heteroatoms. The second-order valence-corrected chi connectivity index (χ2v) is 9.54. The van der Waals surface area contributed by atoms with Crippen molar-refractivity contribution in [3.63, 3.8) is 0 Å². The summed E-state index contributed by atoms with van der Waals surface area (Å²) >= 11 is 0. The van der Waals surface area contributed by atoms with Crippen molar-refractivity contribution in [2.75, 3.05) is 0 Å². The lowest BCUT2D eigenvalue weighted by Gasteiger charge is -2.09. The highest BCUT2D eigenvalue weighted by atomic mass is 16.3. The maximum Gasteiger partial charge on any atom is 0.227 e. The molecule has 7 aromatic rings. The van der Waals surface area contributed by atoms with Gasteiger partial charge in [-0.2, -0.15) is 0 Å². The van der Waals surface area contributed by atoms with E-state index in [1.807, 2.05) is 6.07 Å². The van der Waals surface area contributed by atoms with Crippen molar-refractivity contribution in [3.05, 3.63) is 127 Å². The van der Waals surface area contributed by atoms with Crippen molar-refractivity contribution in [1.82, 2.24) is 4.98 Å². The van der Waals surface area contributed by atoms with Gasteiger partial charge >= 0.3 is 0 Å². The molecule has 2 nitrogen and oxygen atoms in total. The third-order valence-corrected chi connectivity index (χ3v) is 7.34. The van der Waals surface area contributed by atoms with Crippen LogP contribution in [0.3, 0.4) is 0 Å². The predicted octanol–water partition coefficient (Wildman–Crippen LogP) is 9.70. The number of para-hydroxylation sites is 1. The van der Waals surface area contributed by atoms with E-state index in [1.165, 1.54) is 38.6 Å². The summed E-state index contributed by atoms with van der Waals surface area (Å²) in [5.41, 5.74) is 10.1. The first-order valence-electron chi connectivity index (χ1n) is 12.8. The van der Waals surface area contributed by atoms with Crippen LogP contribution < -0.4 is 0 Å². The molecular weight excluding hydrogens is 450 g/mol. The summed E-state index contributed by atoms with van der Waals surface area (Å²) in [6.07, 6.45) is 2.84. The number of aromatic nitrogens is 1. The minimum absolute atomic E-state index is 0.680. The summed E-state index contributed by atoms with van der Waals surface area (Å²) in [6, 6.07) is 41.4. The van der Waals surface area contributed by atoms with Crippen LogP contribution in [0.25, 0.3) is 66.2 Å². The van der Waals surface area contributed by atoms with Gasteiger partial charge < -0.3 is 4.42 Å². The van der Waals surface area contributed by atoms with Gasteiger partial charge in [0.2, 0.25) is 5.71 Å². The number of nitrogens with zero attached hydrogens (tertiary/aromatic N) is 1. The van der Waals surface area contributed by atoms with Gasteiger partial charge in [0.05, 0.1) is 0 Å². The van der Waals surface area contributed by atoms with E-state index < -0.39 is 0 Å². The fourth-order valence-electron chi connectivity index (χ4n) is 5.24. The Kier molecular flexibility index (Phi) is 5.11. The largest absolute Gasteiger partial charge is 0.437 e. The highest BCUT2D eigenvalue weighted by molar-refractivity contribution is 6.08. The molecule has 5 aromatic carbocycles. The Morgan fingerprint density at radius 2 is 1.16 bits per heavy atom. The summed E-state index contributed by atoms with van der Waals surface area (Å²) in [5, 5.41) is 4.64. The molecule has 0 aliphatic heterocycles. The molecule has 0 unspecified atom stereocenters. The second kappa shape index (κ2) is 8.76. The lowest BCUT2D eigenvalue weighted by Crippen LogP contribution is -1.84. The molecule has 0 aliphatic carbocycles. The van der Waals surface area contributed by atoms with Gasteiger partial charge in [-0.05, 0) is 74.8 Å². The van der Waals surface area contributed by atoms with Crippen LogP contribution in [0.4, 0.5) is 0 Å². The van der Waals surface area contributed by atoms with Crippen LogP contribution in [0.1, 0.15) is 12.5 Å². The van der Waals surface area contributed by atoms with Crippen molar-refractivity contribution in [3.8, 4) is 33.4 Å². The number of hydrogen-bond acceptors (Lipinski definition) is 2. The number of fused-ring (bicyclic) bond motifs is 4. The molecule has 176 valence electrons. The summed E-state index contributed by atoms with van der Waals surface area (Å²) in [5.74, 6) is 0. The number of benzene rings is 5. The highest BCUT2D eigenvalue weighted by Gasteiger charge is 2.12. The van der Waals surface area contributed by atoms with Gasteiger partial charge in [-0.1, -0.05) is 97.9 Å². The SMILES string of the molecule is CCc1ccc(-c2ccc3cc(-c4ccc(-c5cccc6c5oc5ncccc56)cc4)ccc3c2)cc1. The molecule has 0 saturated carbocycles. The fourth-order valence-corrected chi connectivity index (χ4v) is 5.24. The van der Waals surface area contributed by atoms with Gasteiger partial charge in [0.25, 0.3) is 0 Å². The molecule has 0 N–H and O–H groups in total. The Morgan fingerprint density at radius 1 is 0.568 bits per heavy atom. The molecule has 0 radical (unpaired) electrons. The van der Waals surface area contributed by atoms with Crippen molar-refractivity contribution in [2.45, 2.75) is 13.3 Å². The zero-order chi connectivity index (χ0) is 24.8. The zero-order valence-electron chi connectivity index (χ0n) is 20.6. The van der Waals surface area contributed by atoms with E-state index >= 15 is 0 Å². The number of aryl methyl sites for hydroxylation is 1. The molecule has 37 heavy (non-hydrogen) atoms. The van der Waals surface area contributed by atoms with Crippen LogP contribution in [0.2, 0.25) is 0 Å². The van der Waals surface area contributed by atoms with Gasteiger partial charge in [0.15, 0.2) is 0 Å². The van der Waals surface area contributed by atoms with Gasteiger partial charge in [-0.15, -0.1) is 0 Å². The highest BCUT2D eigenvalue weighted by Crippen LogP contribution is 2.36. The zero-order valence-corrected chi connectivity index (χ0v) is 20.6. The van der Waals surface area contributed by atoms with E-state index in [1.54, 1.807) is 6.20 Å². The van der Waals surface area contributed by atoms with Crippen LogP contribution >= 0.6 is 0 Å². The average Bonchev–Trinajstić information content (AvgIpc) is 3.36. The fraction of sp³-hybridized carbons (Fsp3) is 0.0571. The van der Waals surface area contributed by atoms with Gasteiger partial charge in [-0.3, -0.25) is 0 Å². The summed E-state index contributed by atoms with van der Waals surface area (Å²) in [7, 11) is 0. The van der Waals surface area contributed by atoms with Crippen LogP contribution in [0.5, 0.6) is 0 Å². The minimum Gasteiger partial charge on any atom is -0.437 e. The van der Waals surface area contributed by atoms with Gasteiger partial charge in [-0.25, -0.2) is 4.98 Å². The van der Waals surface area contributed by atoms with E-state index in [2.05, 4.69) is 121 Å². The molecule has 0 atom stereocenters. The molecule has 0 aliphatic rings. The molecule has 0 saturated heterocycles. The van der Waals surface area contributed by atoms with Crippen molar-refractivity contribution in [2.24, 2.45) is 0 Å². The number of rotatable bonds is 4. The van der Waals surface area contributed by atoms with E-state index in [0.29, 0.717) is 5.71 Å². The summed E-state index contributed by atoms with van der Waals surface area (Å²) in [4.78, 5) is 4.39. The maximum atomic E-state index is 6.14. The minimum atomic E-state index is 0.680. The van der Waals surface area contributed by atoms with Crippen molar-refractivity contribution >= 4 is 32.8 Å². The van der Waals surface area contributed by atoms with E-state index in [9.17, 15) is 0 Å². The number of hydrogen-bond donors (Lipinski definition) is 0. The monoisotopic (exact) mass is 475 g/mol. The summed E-state index contributed by atoms with van der Waals surface area (Å²) < 4.78 is 6.14. The average molecular weight is 476 g/mol. The first-order chi connectivity index (χ1) is 18.3. The molecule has 0 amide bonds. The molecule has 2 aromatic heterocycles. The predicted molar refractivity (Wildman–Crippen MR) is 155 cm³/mol. The quantitative estimate of drug-likeness (QED) is 0.253. The van der Waals surface area contributed by atoms with Crippen LogP contribution in [0.15, 0.2) is 126 Å².